The van der Waals surface area contributed by atoms with Crippen LogP contribution in [0, 0.1) is 13.8 Å². The first kappa shape index (κ1) is 16.7. The van der Waals surface area contributed by atoms with Crippen LogP contribution in [0.1, 0.15) is 21.7 Å². The number of hydrogen-bond acceptors (Lipinski definition) is 5. The number of carbonyl (C=O) groups is 1. The standard InChI is InChI=1S/C20H17N5O2/c1-13-11-14(2)25(24-13)18-9-5-15(6-10-18)19(26)22-17-7-3-16(4-8-17)20-23-21-12-27-20/h3-12H,1-2H3,(H,22,26). The van der Waals surface area contributed by atoms with Gasteiger partial charge in [-0.1, -0.05) is 0 Å². The maximum absolute atomic E-state index is 12.5. The van der Waals surface area contributed by atoms with E-state index in [0.29, 0.717) is 17.1 Å². The summed E-state index contributed by atoms with van der Waals surface area (Å²) in [7, 11) is 0. The molecule has 0 aliphatic carbocycles. The zero-order chi connectivity index (χ0) is 18.8. The summed E-state index contributed by atoms with van der Waals surface area (Å²) in [5.74, 6) is 0.257. The Morgan fingerprint density at radius 2 is 1.78 bits per heavy atom. The van der Waals surface area contributed by atoms with E-state index in [4.69, 9.17) is 4.42 Å². The van der Waals surface area contributed by atoms with E-state index < -0.39 is 0 Å². The minimum Gasteiger partial charge on any atom is -0.423 e. The predicted octanol–water partition coefficient (Wildman–Crippen LogP) is 3.79. The fourth-order valence-corrected chi connectivity index (χ4v) is 2.84. The number of aryl methyl sites for hydroxylation is 2. The molecule has 0 saturated carbocycles. The molecule has 0 spiro atoms. The predicted molar refractivity (Wildman–Crippen MR) is 101 cm³/mol. The summed E-state index contributed by atoms with van der Waals surface area (Å²) >= 11 is 0. The Labute approximate surface area is 155 Å². The first-order chi connectivity index (χ1) is 13.1. The highest BCUT2D eigenvalue weighted by Crippen LogP contribution is 2.20. The van der Waals surface area contributed by atoms with Gasteiger partial charge in [-0.05, 0) is 68.4 Å². The Balaban J connectivity index is 1.47. The van der Waals surface area contributed by atoms with Crippen molar-refractivity contribution in [3.8, 4) is 17.1 Å². The van der Waals surface area contributed by atoms with E-state index in [1.54, 1.807) is 24.3 Å². The molecule has 0 aliphatic heterocycles. The molecule has 134 valence electrons. The third-order valence-corrected chi connectivity index (χ3v) is 4.13. The van der Waals surface area contributed by atoms with E-state index in [1.807, 2.05) is 48.9 Å². The minimum atomic E-state index is -0.180. The summed E-state index contributed by atoms with van der Waals surface area (Å²) in [6.45, 7) is 3.95. The van der Waals surface area contributed by atoms with Crippen molar-refractivity contribution in [2.24, 2.45) is 0 Å². The lowest BCUT2D eigenvalue weighted by Crippen LogP contribution is -2.12. The zero-order valence-corrected chi connectivity index (χ0v) is 14.9. The normalized spacial score (nSPS) is 10.7. The van der Waals surface area contributed by atoms with Crippen LogP contribution in [0.4, 0.5) is 5.69 Å². The molecule has 0 fully saturated rings. The van der Waals surface area contributed by atoms with E-state index in [0.717, 1.165) is 22.6 Å². The summed E-state index contributed by atoms with van der Waals surface area (Å²) < 4.78 is 7.01. The molecular weight excluding hydrogens is 342 g/mol. The van der Waals surface area contributed by atoms with Gasteiger partial charge in [0.15, 0.2) is 0 Å². The van der Waals surface area contributed by atoms with Crippen molar-refractivity contribution in [1.29, 1.82) is 0 Å². The number of aromatic nitrogens is 4. The zero-order valence-electron chi connectivity index (χ0n) is 14.9. The Morgan fingerprint density at radius 1 is 1.04 bits per heavy atom. The Kier molecular flexibility index (Phi) is 4.25. The second-order valence-corrected chi connectivity index (χ2v) is 6.16. The molecule has 0 atom stereocenters. The van der Waals surface area contributed by atoms with Crippen molar-refractivity contribution in [3.63, 3.8) is 0 Å². The van der Waals surface area contributed by atoms with E-state index in [1.165, 1.54) is 6.39 Å². The summed E-state index contributed by atoms with van der Waals surface area (Å²) in [5.41, 5.74) is 4.97. The number of nitrogens with zero attached hydrogens (tertiary/aromatic N) is 4. The van der Waals surface area contributed by atoms with Crippen LogP contribution in [0.25, 0.3) is 17.1 Å². The number of benzene rings is 2. The van der Waals surface area contributed by atoms with Gasteiger partial charge in [-0.2, -0.15) is 5.10 Å². The SMILES string of the molecule is Cc1cc(C)n(-c2ccc(C(=O)Nc3ccc(-c4nnco4)cc3)cc2)n1. The smallest absolute Gasteiger partial charge is 0.255 e. The number of hydrogen-bond donors (Lipinski definition) is 1. The van der Waals surface area contributed by atoms with Gasteiger partial charge in [0.25, 0.3) is 5.91 Å². The van der Waals surface area contributed by atoms with E-state index in [-0.39, 0.29) is 5.91 Å². The van der Waals surface area contributed by atoms with Crippen LogP contribution < -0.4 is 5.32 Å². The maximum Gasteiger partial charge on any atom is 0.255 e. The Hall–Kier alpha value is -3.74. The van der Waals surface area contributed by atoms with Crippen molar-refractivity contribution >= 4 is 11.6 Å². The molecule has 4 aromatic rings. The van der Waals surface area contributed by atoms with Crippen LogP contribution in [0.5, 0.6) is 0 Å². The molecule has 0 saturated heterocycles. The van der Waals surface area contributed by atoms with Crippen molar-refractivity contribution in [1.82, 2.24) is 20.0 Å². The quantitative estimate of drug-likeness (QED) is 0.599. The molecule has 0 aliphatic rings. The van der Waals surface area contributed by atoms with Crippen molar-refractivity contribution < 1.29 is 9.21 Å². The van der Waals surface area contributed by atoms with Gasteiger partial charge in [0.2, 0.25) is 12.3 Å². The summed E-state index contributed by atoms with van der Waals surface area (Å²) in [6.07, 6.45) is 1.28. The maximum atomic E-state index is 12.5. The van der Waals surface area contributed by atoms with Crippen LogP contribution >= 0.6 is 0 Å². The molecule has 1 amide bonds. The first-order valence-electron chi connectivity index (χ1n) is 8.42. The van der Waals surface area contributed by atoms with Gasteiger partial charge in [0.05, 0.1) is 11.4 Å². The van der Waals surface area contributed by atoms with E-state index in [2.05, 4.69) is 20.6 Å². The molecule has 2 aromatic carbocycles. The lowest BCUT2D eigenvalue weighted by Gasteiger charge is -2.08. The lowest BCUT2D eigenvalue weighted by molar-refractivity contribution is 0.102. The highest BCUT2D eigenvalue weighted by Gasteiger charge is 2.09. The van der Waals surface area contributed by atoms with Crippen molar-refractivity contribution in [2.75, 3.05) is 5.32 Å². The summed E-state index contributed by atoms with van der Waals surface area (Å²) in [6, 6.07) is 16.6. The first-order valence-corrected chi connectivity index (χ1v) is 8.42. The number of carbonyl (C=O) groups excluding carboxylic acids is 1. The fourth-order valence-electron chi connectivity index (χ4n) is 2.84. The third-order valence-electron chi connectivity index (χ3n) is 4.13. The molecule has 7 heteroatoms. The Morgan fingerprint density at radius 3 is 2.37 bits per heavy atom. The van der Waals surface area contributed by atoms with Crippen LogP contribution in [-0.4, -0.2) is 25.9 Å². The lowest BCUT2D eigenvalue weighted by atomic mass is 10.1. The number of amides is 1. The number of anilines is 1. The largest absolute Gasteiger partial charge is 0.423 e. The number of rotatable bonds is 4. The Bertz CT molecular complexity index is 1060. The molecule has 1 N–H and O–H groups in total. The number of nitrogens with one attached hydrogen (secondary N) is 1. The van der Waals surface area contributed by atoms with Gasteiger partial charge in [-0.3, -0.25) is 4.79 Å². The molecule has 4 rings (SSSR count). The minimum absolute atomic E-state index is 0.180. The molecule has 0 radical (unpaired) electrons. The van der Waals surface area contributed by atoms with Gasteiger partial charge in [0, 0.05) is 22.5 Å². The second kappa shape index (κ2) is 6.87. The van der Waals surface area contributed by atoms with Crippen LogP contribution in [0.15, 0.2) is 65.4 Å². The topological polar surface area (TPSA) is 85.8 Å². The summed E-state index contributed by atoms with van der Waals surface area (Å²) in [4.78, 5) is 12.5. The summed E-state index contributed by atoms with van der Waals surface area (Å²) in [5, 5.41) is 14.8. The van der Waals surface area contributed by atoms with Gasteiger partial charge in [-0.25, -0.2) is 4.68 Å². The van der Waals surface area contributed by atoms with E-state index >= 15 is 0 Å². The average Bonchev–Trinajstić information content (AvgIpc) is 3.32. The van der Waals surface area contributed by atoms with Gasteiger partial charge in [-0.15, -0.1) is 10.2 Å². The molecular formula is C20H17N5O2. The molecule has 7 nitrogen and oxygen atoms in total. The van der Waals surface area contributed by atoms with Gasteiger partial charge in [0.1, 0.15) is 0 Å². The average molecular weight is 359 g/mol. The highest BCUT2D eigenvalue weighted by atomic mass is 16.4. The molecule has 2 heterocycles. The van der Waals surface area contributed by atoms with Crippen LogP contribution in [0.2, 0.25) is 0 Å². The molecule has 2 aromatic heterocycles. The third kappa shape index (κ3) is 3.48. The molecule has 0 bridgehead atoms. The van der Waals surface area contributed by atoms with Crippen LogP contribution in [-0.2, 0) is 0 Å². The van der Waals surface area contributed by atoms with Crippen molar-refractivity contribution in [3.05, 3.63) is 77.9 Å². The fraction of sp³-hybridized carbons (Fsp3) is 0.100. The van der Waals surface area contributed by atoms with Gasteiger partial charge < -0.3 is 9.73 Å². The van der Waals surface area contributed by atoms with E-state index in [9.17, 15) is 4.79 Å². The molecule has 0 unspecified atom stereocenters. The van der Waals surface area contributed by atoms with Crippen LogP contribution in [0.3, 0.4) is 0 Å². The van der Waals surface area contributed by atoms with Crippen molar-refractivity contribution in [2.45, 2.75) is 13.8 Å². The van der Waals surface area contributed by atoms with Gasteiger partial charge >= 0.3 is 0 Å². The monoisotopic (exact) mass is 359 g/mol. The second-order valence-electron chi connectivity index (χ2n) is 6.16. The molecule has 27 heavy (non-hydrogen) atoms. The highest BCUT2D eigenvalue weighted by molar-refractivity contribution is 6.04.